The molecule has 0 spiro atoms. The molecular weight excluding hydrogens is 308 g/mol. The summed E-state index contributed by atoms with van der Waals surface area (Å²) in [7, 11) is 0. The van der Waals surface area contributed by atoms with Gasteiger partial charge in [-0.3, -0.25) is 14.9 Å². The van der Waals surface area contributed by atoms with Gasteiger partial charge in [-0.05, 0) is 30.0 Å². The van der Waals surface area contributed by atoms with Gasteiger partial charge in [-0.1, -0.05) is 6.07 Å². The topological polar surface area (TPSA) is 98.5 Å². The molecule has 0 bridgehead atoms. The quantitative estimate of drug-likeness (QED) is 0.519. The first kappa shape index (κ1) is 15.6. The highest BCUT2D eigenvalue weighted by Gasteiger charge is 2.14. The lowest BCUT2D eigenvalue weighted by molar-refractivity contribution is -0.384. The molecule has 1 amide bonds. The first-order chi connectivity index (χ1) is 10.5. The van der Waals surface area contributed by atoms with Crippen LogP contribution in [-0.4, -0.2) is 23.4 Å². The molecule has 2 aromatic rings. The van der Waals surface area contributed by atoms with Crippen LogP contribution in [0.15, 0.2) is 35.7 Å². The summed E-state index contributed by atoms with van der Waals surface area (Å²) in [6, 6.07) is 7.29. The van der Waals surface area contributed by atoms with Crippen LogP contribution in [0.3, 0.4) is 0 Å². The molecule has 0 aliphatic carbocycles. The molecule has 1 heterocycles. The molecule has 0 aliphatic heterocycles. The summed E-state index contributed by atoms with van der Waals surface area (Å²) in [6.45, 7) is 1.31. The number of aryl methyl sites for hydroxylation is 1. The van der Waals surface area contributed by atoms with Crippen LogP contribution in [0.25, 0.3) is 0 Å². The predicted octanol–water partition coefficient (Wildman–Crippen LogP) is 2.76. The number of nitro benzene ring substituents is 1. The Hall–Kier alpha value is -2.74. The molecule has 7 nitrogen and oxygen atoms in total. The van der Waals surface area contributed by atoms with Crippen LogP contribution in [0.5, 0.6) is 0 Å². The number of carbonyl (C=O) groups excluding carboxylic acids is 2. The Bertz CT molecular complexity index is 726. The van der Waals surface area contributed by atoms with Crippen molar-refractivity contribution in [3.8, 4) is 0 Å². The maximum absolute atomic E-state index is 11.7. The molecule has 1 aromatic heterocycles. The van der Waals surface area contributed by atoms with Crippen molar-refractivity contribution in [2.24, 2.45) is 0 Å². The van der Waals surface area contributed by atoms with Crippen molar-refractivity contribution in [2.75, 3.05) is 11.9 Å². The van der Waals surface area contributed by atoms with E-state index >= 15 is 0 Å². The molecule has 1 N–H and O–H groups in total. The van der Waals surface area contributed by atoms with Gasteiger partial charge in [0.25, 0.3) is 11.6 Å². The van der Waals surface area contributed by atoms with Crippen LogP contribution in [-0.2, 0) is 9.53 Å². The number of nitrogens with zero attached hydrogens (tertiary/aromatic N) is 1. The van der Waals surface area contributed by atoms with Crippen molar-refractivity contribution in [2.45, 2.75) is 6.92 Å². The van der Waals surface area contributed by atoms with Gasteiger partial charge in [0.15, 0.2) is 6.61 Å². The van der Waals surface area contributed by atoms with Gasteiger partial charge < -0.3 is 10.1 Å². The number of thiophene rings is 1. The molecule has 1 aromatic carbocycles. The maximum atomic E-state index is 11.7. The van der Waals surface area contributed by atoms with Crippen LogP contribution in [0.2, 0.25) is 0 Å². The second kappa shape index (κ2) is 6.81. The molecule has 114 valence electrons. The number of carbonyl (C=O) groups is 2. The van der Waals surface area contributed by atoms with Crippen molar-refractivity contribution < 1.29 is 19.2 Å². The van der Waals surface area contributed by atoms with Crippen molar-refractivity contribution in [3.63, 3.8) is 0 Å². The second-order valence-electron chi connectivity index (χ2n) is 4.36. The van der Waals surface area contributed by atoms with Crippen LogP contribution in [0.1, 0.15) is 15.2 Å². The molecule has 0 atom stereocenters. The molecule has 2 rings (SSSR count). The Kier molecular flexibility index (Phi) is 4.84. The lowest BCUT2D eigenvalue weighted by atomic mass is 10.3. The Morgan fingerprint density at radius 1 is 1.36 bits per heavy atom. The van der Waals surface area contributed by atoms with E-state index in [4.69, 9.17) is 4.74 Å². The standard InChI is InChI=1S/C14H12N2O5S/c1-9-5-6-22-13(9)14(18)21-8-12(17)15-10-3-2-4-11(7-10)16(19)20/h2-7H,8H2,1H3,(H,15,17). The largest absolute Gasteiger partial charge is 0.451 e. The number of hydrogen-bond donors (Lipinski definition) is 1. The van der Waals surface area contributed by atoms with E-state index in [9.17, 15) is 19.7 Å². The van der Waals surface area contributed by atoms with Crippen LogP contribution in [0.4, 0.5) is 11.4 Å². The SMILES string of the molecule is Cc1ccsc1C(=O)OCC(=O)Nc1cccc([N+](=O)[O-])c1. The van der Waals surface area contributed by atoms with E-state index in [0.29, 0.717) is 4.88 Å². The van der Waals surface area contributed by atoms with E-state index in [-0.39, 0.29) is 11.4 Å². The van der Waals surface area contributed by atoms with Crippen molar-refractivity contribution in [3.05, 3.63) is 56.3 Å². The molecule has 0 saturated carbocycles. The lowest BCUT2D eigenvalue weighted by Crippen LogP contribution is -2.20. The zero-order valence-corrected chi connectivity index (χ0v) is 12.4. The number of hydrogen-bond acceptors (Lipinski definition) is 6. The van der Waals surface area contributed by atoms with Gasteiger partial charge in [-0.2, -0.15) is 0 Å². The highest BCUT2D eigenvalue weighted by atomic mass is 32.1. The Morgan fingerprint density at radius 3 is 2.77 bits per heavy atom. The van der Waals surface area contributed by atoms with E-state index in [1.165, 1.54) is 35.6 Å². The third-order valence-electron chi connectivity index (χ3n) is 2.72. The summed E-state index contributed by atoms with van der Waals surface area (Å²) in [5, 5.41) is 14.8. The molecule has 0 saturated heterocycles. The Labute approximate surface area is 129 Å². The average Bonchev–Trinajstić information content (AvgIpc) is 2.91. The molecule has 0 radical (unpaired) electrons. The number of amides is 1. The number of rotatable bonds is 5. The minimum atomic E-state index is -0.568. The molecule has 0 fully saturated rings. The van der Waals surface area contributed by atoms with Gasteiger partial charge in [0.05, 0.1) is 4.92 Å². The third-order valence-corrected chi connectivity index (χ3v) is 3.72. The third kappa shape index (κ3) is 3.89. The summed E-state index contributed by atoms with van der Waals surface area (Å²) in [5.74, 6) is -1.13. The summed E-state index contributed by atoms with van der Waals surface area (Å²) >= 11 is 1.24. The van der Waals surface area contributed by atoms with Crippen LogP contribution < -0.4 is 5.32 Å². The Morgan fingerprint density at radius 2 is 2.14 bits per heavy atom. The number of ether oxygens (including phenoxy) is 1. The number of nitro groups is 1. The lowest BCUT2D eigenvalue weighted by Gasteiger charge is -2.06. The Balaban J connectivity index is 1.91. The highest BCUT2D eigenvalue weighted by molar-refractivity contribution is 7.12. The molecule has 22 heavy (non-hydrogen) atoms. The summed E-state index contributed by atoms with van der Waals surface area (Å²) in [4.78, 5) is 34.0. The summed E-state index contributed by atoms with van der Waals surface area (Å²) in [6.07, 6.45) is 0. The number of non-ortho nitro benzene ring substituents is 1. The first-order valence-electron chi connectivity index (χ1n) is 6.23. The van der Waals surface area contributed by atoms with Crippen LogP contribution >= 0.6 is 11.3 Å². The fourth-order valence-corrected chi connectivity index (χ4v) is 2.49. The molecular formula is C14H12N2O5S. The normalized spacial score (nSPS) is 10.0. The predicted molar refractivity (Wildman–Crippen MR) is 81.1 cm³/mol. The minimum Gasteiger partial charge on any atom is -0.451 e. The molecule has 0 unspecified atom stereocenters. The monoisotopic (exact) mass is 320 g/mol. The van der Waals surface area contributed by atoms with E-state index in [1.807, 2.05) is 0 Å². The van der Waals surface area contributed by atoms with Crippen molar-refractivity contribution >= 4 is 34.6 Å². The first-order valence-corrected chi connectivity index (χ1v) is 7.11. The average molecular weight is 320 g/mol. The van der Waals surface area contributed by atoms with Gasteiger partial charge in [0, 0.05) is 17.8 Å². The zero-order valence-electron chi connectivity index (χ0n) is 11.6. The van der Waals surface area contributed by atoms with Gasteiger partial charge in [0.2, 0.25) is 0 Å². The van der Waals surface area contributed by atoms with E-state index in [1.54, 1.807) is 18.4 Å². The summed E-state index contributed by atoms with van der Waals surface area (Å²) < 4.78 is 4.90. The summed E-state index contributed by atoms with van der Waals surface area (Å²) in [5.41, 5.74) is 0.917. The maximum Gasteiger partial charge on any atom is 0.349 e. The van der Waals surface area contributed by atoms with E-state index < -0.39 is 23.4 Å². The molecule has 0 aliphatic rings. The number of benzene rings is 1. The highest BCUT2D eigenvalue weighted by Crippen LogP contribution is 2.18. The van der Waals surface area contributed by atoms with Gasteiger partial charge in [0.1, 0.15) is 4.88 Å². The van der Waals surface area contributed by atoms with E-state index in [0.717, 1.165) is 5.56 Å². The van der Waals surface area contributed by atoms with Crippen LogP contribution in [0, 0.1) is 17.0 Å². The van der Waals surface area contributed by atoms with Gasteiger partial charge in [-0.25, -0.2) is 4.79 Å². The fraction of sp³-hybridized carbons (Fsp3) is 0.143. The smallest absolute Gasteiger partial charge is 0.349 e. The number of esters is 1. The van der Waals surface area contributed by atoms with E-state index in [2.05, 4.69) is 5.32 Å². The van der Waals surface area contributed by atoms with Crippen molar-refractivity contribution in [1.29, 1.82) is 0 Å². The minimum absolute atomic E-state index is 0.135. The zero-order chi connectivity index (χ0) is 16.1. The van der Waals surface area contributed by atoms with Gasteiger partial charge in [-0.15, -0.1) is 11.3 Å². The number of nitrogens with one attached hydrogen (secondary N) is 1. The van der Waals surface area contributed by atoms with Crippen molar-refractivity contribution in [1.82, 2.24) is 0 Å². The van der Waals surface area contributed by atoms with Gasteiger partial charge >= 0.3 is 5.97 Å². The fourth-order valence-electron chi connectivity index (χ4n) is 1.67. The number of anilines is 1. The molecule has 8 heteroatoms. The second-order valence-corrected chi connectivity index (χ2v) is 5.28.